The van der Waals surface area contributed by atoms with Gasteiger partial charge in [-0.05, 0) is 0 Å². The zero-order chi connectivity index (χ0) is 7.68. The molecule has 0 aliphatic heterocycles. The zero-order valence-corrected chi connectivity index (χ0v) is 7.49. The van der Waals surface area contributed by atoms with Gasteiger partial charge in [0.1, 0.15) is 0 Å². The van der Waals surface area contributed by atoms with Crippen molar-refractivity contribution in [2.45, 2.75) is 0 Å². The van der Waals surface area contributed by atoms with Crippen LogP contribution < -0.4 is 0 Å². The molecule has 0 bridgehead atoms. The van der Waals surface area contributed by atoms with Gasteiger partial charge in [0, 0.05) is 0 Å². The van der Waals surface area contributed by atoms with Crippen LogP contribution in [0, 0.1) is 0 Å². The third-order valence-electron chi connectivity index (χ3n) is 1.66. The van der Waals surface area contributed by atoms with E-state index in [9.17, 15) is 4.79 Å². The van der Waals surface area contributed by atoms with Gasteiger partial charge in [-0.1, -0.05) is 0 Å². The molecule has 1 aromatic carbocycles. The van der Waals surface area contributed by atoms with E-state index in [-0.39, 0.29) is 0 Å². The molecule has 0 N–H and O–H groups in total. The van der Waals surface area contributed by atoms with E-state index in [0.29, 0.717) is 14.5 Å². The summed E-state index contributed by atoms with van der Waals surface area (Å²) in [5.74, 6) is 0. The molecule has 2 rings (SSSR count). The molecule has 0 atom stereocenters. The number of rotatable bonds is 1. The Morgan fingerprint density at radius 2 is 2.18 bits per heavy atom. The Hall–Kier alpha value is -0.851. The Morgan fingerprint density at radius 1 is 1.27 bits per heavy atom. The van der Waals surface area contributed by atoms with Crippen molar-refractivity contribution in [2.24, 2.45) is 0 Å². The summed E-state index contributed by atoms with van der Waals surface area (Å²) in [6, 6.07) is 7.93. The average Bonchev–Trinajstić information content (AvgIpc) is 2.50. The van der Waals surface area contributed by atoms with Crippen LogP contribution in [0.1, 0.15) is 10.4 Å². The molecule has 2 aromatic rings. The first-order valence-electron chi connectivity index (χ1n) is 3.33. The van der Waals surface area contributed by atoms with Crippen molar-refractivity contribution >= 4 is 30.4 Å². The number of fused-ring (bicyclic) bond motifs is 1. The summed E-state index contributed by atoms with van der Waals surface area (Å²) >= 11 is 0.453. The van der Waals surface area contributed by atoms with Gasteiger partial charge in [0.05, 0.1) is 0 Å². The van der Waals surface area contributed by atoms with Gasteiger partial charge in [0.25, 0.3) is 0 Å². The average molecular weight is 209 g/mol. The van der Waals surface area contributed by atoms with Gasteiger partial charge in [-0.3, -0.25) is 0 Å². The van der Waals surface area contributed by atoms with Crippen LogP contribution in [0.25, 0.3) is 9.65 Å². The molecule has 2 heteroatoms. The van der Waals surface area contributed by atoms with Gasteiger partial charge >= 0.3 is 70.0 Å². The van der Waals surface area contributed by atoms with Crippen LogP contribution in [-0.4, -0.2) is 20.8 Å². The van der Waals surface area contributed by atoms with E-state index in [2.05, 4.69) is 11.0 Å². The van der Waals surface area contributed by atoms with Gasteiger partial charge in [-0.15, -0.1) is 0 Å². The third kappa shape index (κ3) is 1.05. The normalized spacial score (nSPS) is 10.2. The second kappa shape index (κ2) is 2.65. The number of carbonyl (C=O) groups excluding carboxylic acids is 1. The van der Waals surface area contributed by atoms with Crippen LogP contribution in [0.15, 0.2) is 29.2 Å². The van der Waals surface area contributed by atoms with Crippen molar-refractivity contribution in [2.75, 3.05) is 0 Å². The molecule has 0 aliphatic carbocycles. The van der Waals surface area contributed by atoms with E-state index >= 15 is 0 Å². The van der Waals surface area contributed by atoms with Crippen molar-refractivity contribution in [1.29, 1.82) is 0 Å². The molecule has 1 heterocycles. The summed E-state index contributed by atoms with van der Waals surface area (Å²) < 4.78 is 1.32. The van der Waals surface area contributed by atoms with Gasteiger partial charge in [0.15, 0.2) is 0 Å². The minimum absolute atomic E-state index is 0.453. The van der Waals surface area contributed by atoms with Crippen LogP contribution >= 0.6 is 0 Å². The van der Waals surface area contributed by atoms with Gasteiger partial charge < -0.3 is 0 Å². The summed E-state index contributed by atoms with van der Waals surface area (Å²) in [6.45, 7) is 0. The third-order valence-corrected chi connectivity index (χ3v) is 3.51. The van der Waals surface area contributed by atoms with Crippen LogP contribution in [0.4, 0.5) is 0 Å². The topological polar surface area (TPSA) is 17.1 Å². The molecule has 0 spiro atoms. The fraction of sp³-hybridized carbons (Fsp3) is 0. The van der Waals surface area contributed by atoms with E-state index in [1.54, 1.807) is 0 Å². The maximum absolute atomic E-state index is 10.5. The van der Waals surface area contributed by atoms with Crippen LogP contribution in [-0.2, 0) is 0 Å². The molecule has 0 unspecified atom stereocenters. The molecule has 54 valence electrons. The van der Waals surface area contributed by atoms with Crippen LogP contribution in [0.2, 0.25) is 0 Å². The monoisotopic (exact) mass is 210 g/mol. The van der Waals surface area contributed by atoms with E-state index in [4.69, 9.17) is 0 Å². The predicted octanol–water partition coefficient (Wildman–Crippen LogP) is 1.71. The number of hydrogen-bond acceptors (Lipinski definition) is 1. The maximum atomic E-state index is 10.5. The second-order valence-corrected chi connectivity index (χ2v) is 4.29. The van der Waals surface area contributed by atoms with E-state index in [1.807, 2.05) is 18.2 Å². The Labute approximate surface area is 70.4 Å². The zero-order valence-electron chi connectivity index (χ0n) is 5.78. The molecule has 0 amide bonds. The molecule has 0 radical (unpaired) electrons. The molecule has 0 fully saturated rings. The van der Waals surface area contributed by atoms with Crippen molar-refractivity contribution in [3.8, 4) is 0 Å². The van der Waals surface area contributed by atoms with Crippen LogP contribution in [0.3, 0.4) is 0 Å². The standard InChI is InChI=1S/C9H6OSe/c10-6-7-2-1-3-9-8(7)4-5-11-9/h1-6H. The first kappa shape index (κ1) is 6.83. The summed E-state index contributed by atoms with van der Waals surface area (Å²) in [4.78, 5) is 12.7. The number of carbonyl (C=O) groups is 1. The predicted molar refractivity (Wildman–Crippen MR) is 46.3 cm³/mol. The number of hydrogen-bond donors (Lipinski definition) is 0. The molecular formula is C9H6OSe. The van der Waals surface area contributed by atoms with Gasteiger partial charge in [0.2, 0.25) is 0 Å². The molecule has 11 heavy (non-hydrogen) atoms. The molecule has 0 saturated carbocycles. The Morgan fingerprint density at radius 3 is 3.00 bits per heavy atom. The van der Waals surface area contributed by atoms with Crippen molar-refractivity contribution in [3.63, 3.8) is 0 Å². The SMILES string of the molecule is O=Cc1cccc2[se]ccc12. The van der Waals surface area contributed by atoms with Crippen molar-refractivity contribution < 1.29 is 4.79 Å². The Bertz CT molecular complexity index is 389. The summed E-state index contributed by atoms with van der Waals surface area (Å²) in [5, 5.41) is 1.13. The summed E-state index contributed by atoms with van der Waals surface area (Å²) in [7, 11) is 0. The fourth-order valence-corrected chi connectivity index (χ4v) is 2.84. The van der Waals surface area contributed by atoms with Crippen LogP contribution in [0.5, 0.6) is 0 Å². The van der Waals surface area contributed by atoms with Crippen molar-refractivity contribution in [1.82, 2.24) is 0 Å². The molecule has 1 aromatic heterocycles. The molecule has 1 nitrogen and oxygen atoms in total. The molecular weight excluding hydrogens is 203 g/mol. The summed E-state index contributed by atoms with van der Waals surface area (Å²) in [6.07, 6.45) is 0.921. The molecule has 0 saturated heterocycles. The fourth-order valence-electron chi connectivity index (χ4n) is 1.12. The quantitative estimate of drug-likeness (QED) is 0.516. The number of aldehydes is 1. The first-order valence-corrected chi connectivity index (χ1v) is 5.18. The molecule has 0 aliphatic rings. The Balaban J connectivity index is 2.88. The summed E-state index contributed by atoms with van der Waals surface area (Å²) in [5.41, 5.74) is 0.818. The first-order chi connectivity index (χ1) is 5.42. The minimum atomic E-state index is 0.453. The van der Waals surface area contributed by atoms with E-state index in [1.165, 1.54) is 4.26 Å². The van der Waals surface area contributed by atoms with E-state index < -0.39 is 0 Å². The van der Waals surface area contributed by atoms with Crippen molar-refractivity contribution in [3.05, 3.63) is 34.8 Å². The van der Waals surface area contributed by atoms with E-state index in [0.717, 1.165) is 17.2 Å². The Kier molecular flexibility index (Phi) is 1.65. The second-order valence-electron chi connectivity index (χ2n) is 2.30. The number of benzene rings is 1. The van der Waals surface area contributed by atoms with Gasteiger partial charge in [-0.25, -0.2) is 0 Å². The van der Waals surface area contributed by atoms with Gasteiger partial charge in [-0.2, -0.15) is 0 Å².